The van der Waals surface area contributed by atoms with Gasteiger partial charge >= 0.3 is 0 Å². The van der Waals surface area contributed by atoms with Gasteiger partial charge in [-0.1, -0.05) is 6.42 Å². The molecule has 140 valence electrons. The maximum Gasteiger partial charge on any atom is 0.253 e. The summed E-state index contributed by atoms with van der Waals surface area (Å²) >= 11 is 0. The van der Waals surface area contributed by atoms with Gasteiger partial charge in [0.1, 0.15) is 0 Å². The lowest BCUT2D eigenvalue weighted by Gasteiger charge is -2.30. The maximum absolute atomic E-state index is 13.0. The molecular weight excluding hydrogens is 328 g/mol. The number of rotatable bonds is 4. The van der Waals surface area contributed by atoms with Gasteiger partial charge in [0.2, 0.25) is 0 Å². The van der Waals surface area contributed by atoms with Gasteiger partial charge in [-0.05, 0) is 50.0 Å². The molecule has 0 spiro atoms. The Morgan fingerprint density at radius 3 is 2.73 bits per heavy atom. The number of nitrogens with zero attached hydrogens (tertiary/aromatic N) is 4. The predicted octanol–water partition coefficient (Wildman–Crippen LogP) is 1.74. The van der Waals surface area contributed by atoms with Crippen LogP contribution < -0.4 is 0 Å². The molecule has 6 heteroatoms. The third-order valence-electron chi connectivity index (χ3n) is 6.01. The van der Waals surface area contributed by atoms with Crippen molar-refractivity contribution >= 4 is 16.9 Å². The molecule has 0 saturated carbocycles. The van der Waals surface area contributed by atoms with E-state index in [1.54, 1.807) is 6.33 Å². The maximum atomic E-state index is 13.0. The van der Waals surface area contributed by atoms with Crippen LogP contribution in [0.4, 0.5) is 0 Å². The number of aryl methyl sites for hydroxylation is 1. The first-order chi connectivity index (χ1) is 12.7. The van der Waals surface area contributed by atoms with E-state index >= 15 is 0 Å². The number of benzene rings is 1. The highest BCUT2D eigenvalue weighted by Crippen LogP contribution is 2.27. The number of aliphatic hydroxyl groups excluding tert-OH is 1. The van der Waals surface area contributed by atoms with E-state index in [4.69, 9.17) is 0 Å². The van der Waals surface area contributed by atoms with E-state index in [1.807, 2.05) is 34.7 Å². The summed E-state index contributed by atoms with van der Waals surface area (Å²) in [6.07, 6.45) is 5.63. The average Bonchev–Trinajstić information content (AvgIpc) is 3.25. The molecule has 1 amide bonds. The Balaban J connectivity index is 1.46. The molecule has 2 fully saturated rings. The summed E-state index contributed by atoms with van der Waals surface area (Å²) in [4.78, 5) is 21.8. The van der Waals surface area contributed by atoms with Crippen molar-refractivity contribution in [3.05, 3.63) is 30.1 Å². The second kappa shape index (κ2) is 7.37. The zero-order chi connectivity index (χ0) is 18.1. The lowest BCUT2D eigenvalue weighted by molar-refractivity contribution is 0.0778. The largest absolute Gasteiger partial charge is 0.396 e. The number of aromatic nitrogens is 2. The summed E-state index contributed by atoms with van der Waals surface area (Å²) < 4.78 is 1.95. The van der Waals surface area contributed by atoms with Crippen LogP contribution in [0.15, 0.2) is 24.5 Å². The van der Waals surface area contributed by atoms with Gasteiger partial charge in [-0.15, -0.1) is 0 Å². The fourth-order valence-electron chi connectivity index (χ4n) is 4.44. The molecular formula is C20H28N4O2. The number of carbonyl (C=O) groups excluding carboxylic acids is 1. The Morgan fingerprint density at radius 2 is 1.96 bits per heavy atom. The Bertz CT molecular complexity index is 781. The van der Waals surface area contributed by atoms with Crippen molar-refractivity contribution in [2.24, 2.45) is 18.9 Å². The lowest BCUT2D eigenvalue weighted by atomic mass is 9.95. The van der Waals surface area contributed by atoms with Gasteiger partial charge in [-0.25, -0.2) is 4.98 Å². The van der Waals surface area contributed by atoms with Gasteiger partial charge in [0.25, 0.3) is 5.91 Å². The molecule has 4 rings (SSSR count). The van der Waals surface area contributed by atoms with Crippen molar-refractivity contribution in [3.63, 3.8) is 0 Å². The first kappa shape index (κ1) is 17.5. The number of hydrogen-bond donors (Lipinski definition) is 1. The third kappa shape index (κ3) is 3.35. The third-order valence-corrected chi connectivity index (χ3v) is 6.01. The molecule has 0 radical (unpaired) electrons. The summed E-state index contributed by atoms with van der Waals surface area (Å²) in [5.74, 6) is 0.595. The van der Waals surface area contributed by atoms with Crippen LogP contribution in [0, 0.1) is 11.8 Å². The smallest absolute Gasteiger partial charge is 0.253 e. The monoisotopic (exact) mass is 356 g/mol. The lowest BCUT2D eigenvalue weighted by Crippen LogP contribution is -2.37. The minimum Gasteiger partial charge on any atom is -0.396 e. The molecule has 0 aliphatic carbocycles. The van der Waals surface area contributed by atoms with Crippen LogP contribution in [0.2, 0.25) is 0 Å². The van der Waals surface area contributed by atoms with Gasteiger partial charge < -0.3 is 19.5 Å². The molecule has 3 heterocycles. The topological polar surface area (TPSA) is 61.6 Å². The fourth-order valence-corrected chi connectivity index (χ4v) is 4.44. The fraction of sp³-hybridized carbons (Fsp3) is 0.600. The molecule has 0 bridgehead atoms. The number of amides is 1. The molecule has 2 aliphatic rings. The van der Waals surface area contributed by atoms with Crippen LogP contribution in [0.25, 0.3) is 11.0 Å². The van der Waals surface area contributed by atoms with Gasteiger partial charge in [-0.3, -0.25) is 4.79 Å². The molecule has 2 unspecified atom stereocenters. The zero-order valence-electron chi connectivity index (χ0n) is 15.5. The molecule has 1 N–H and O–H groups in total. The van der Waals surface area contributed by atoms with Crippen LogP contribution in [0.3, 0.4) is 0 Å². The van der Waals surface area contributed by atoms with Gasteiger partial charge in [0, 0.05) is 44.8 Å². The SMILES string of the molecule is Cn1cnc2cc(C(=O)N3CC(CO)C(CN4CCCCC4)C3)ccc21. The van der Waals surface area contributed by atoms with Crippen LogP contribution in [0.1, 0.15) is 29.6 Å². The number of fused-ring (bicyclic) bond motifs is 1. The minimum atomic E-state index is 0.0529. The molecule has 26 heavy (non-hydrogen) atoms. The quantitative estimate of drug-likeness (QED) is 0.906. The Kier molecular flexibility index (Phi) is 4.96. The highest BCUT2D eigenvalue weighted by atomic mass is 16.3. The average molecular weight is 356 g/mol. The van der Waals surface area contributed by atoms with Gasteiger partial charge in [0.05, 0.1) is 17.4 Å². The highest BCUT2D eigenvalue weighted by molar-refractivity contribution is 5.97. The van der Waals surface area contributed by atoms with Crippen LogP contribution in [-0.4, -0.2) is 69.7 Å². The number of carbonyl (C=O) groups is 1. The minimum absolute atomic E-state index is 0.0529. The number of aliphatic hydroxyl groups is 1. The first-order valence-electron chi connectivity index (χ1n) is 9.69. The van der Waals surface area contributed by atoms with E-state index in [0.29, 0.717) is 18.0 Å². The van der Waals surface area contributed by atoms with Crippen molar-refractivity contribution in [2.45, 2.75) is 19.3 Å². The van der Waals surface area contributed by atoms with Gasteiger partial charge in [-0.2, -0.15) is 0 Å². The second-order valence-electron chi connectivity index (χ2n) is 7.83. The van der Waals surface area contributed by atoms with Crippen molar-refractivity contribution in [1.82, 2.24) is 19.4 Å². The number of imidazole rings is 1. The van der Waals surface area contributed by atoms with E-state index in [2.05, 4.69) is 9.88 Å². The standard InChI is InChI=1S/C20H28N4O2/c1-22-14-21-18-9-15(5-6-19(18)22)20(26)24-11-16(17(12-24)13-25)10-23-7-3-2-4-8-23/h5-6,9,14,16-17,25H,2-4,7-8,10-13H2,1H3. The molecule has 1 aromatic heterocycles. The summed E-state index contributed by atoms with van der Waals surface area (Å²) in [6.45, 7) is 4.84. The van der Waals surface area contributed by atoms with Crippen molar-refractivity contribution in [2.75, 3.05) is 39.3 Å². The first-order valence-corrected chi connectivity index (χ1v) is 9.69. The zero-order valence-corrected chi connectivity index (χ0v) is 15.5. The van der Waals surface area contributed by atoms with E-state index < -0.39 is 0 Å². The van der Waals surface area contributed by atoms with Crippen molar-refractivity contribution in [3.8, 4) is 0 Å². The second-order valence-corrected chi connectivity index (χ2v) is 7.83. The highest BCUT2D eigenvalue weighted by Gasteiger charge is 2.36. The molecule has 6 nitrogen and oxygen atoms in total. The van der Waals surface area contributed by atoms with Crippen molar-refractivity contribution in [1.29, 1.82) is 0 Å². The van der Waals surface area contributed by atoms with E-state index in [9.17, 15) is 9.90 Å². The van der Waals surface area contributed by atoms with E-state index in [0.717, 1.165) is 37.2 Å². The van der Waals surface area contributed by atoms with Crippen LogP contribution in [0.5, 0.6) is 0 Å². The molecule has 2 atom stereocenters. The molecule has 1 aromatic carbocycles. The normalized spacial score (nSPS) is 24.5. The summed E-state index contributed by atoms with van der Waals surface area (Å²) in [5, 5.41) is 9.81. The van der Waals surface area contributed by atoms with E-state index in [-0.39, 0.29) is 18.4 Å². The molecule has 2 aliphatic heterocycles. The van der Waals surface area contributed by atoms with Crippen LogP contribution in [-0.2, 0) is 7.05 Å². The van der Waals surface area contributed by atoms with Gasteiger partial charge in [0.15, 0.2) is 0 Å². The number of hydrogen-bond acceptors (Lipinski definition) is 4. The van der Waals surface area contributed by atoms with Crippen molar-refractivity contribution < 1.29 is 9.90 Å². The summed E-state index contributed by atoms with van der Waals surface area (Å²) in [5.41, 5.74) is 2.56. The number of likely N-dealkylation sites (tertiary alicyclic amines) is 2. The number of piperidine rings is 1. The summed E-state index contributed by atoms with van der Waals surface area (Å²) in [7, 11) is 1.95. The molecule has 2 aromatic rings. The Morgan fingerprint density at radius 1 is 1.19 bits per heavy atom. The van der Waals surface area contributed by atoms with E-state index in [1.165, 1.54) is 19.3 Å². The Hall–Kier alpha value is -1.92. The van der Waals surface area contributed by atoms with Crippen LogP contribution >= 0.6 is 0 Å². The summed E-state index contributed by atoms with van der Waals surface area (Å²) in [6, 6.07) is 5.72. The predicted molar refractivity (Wildman–Crippen MR) is 101 cm³/mol. The Labute approximate surface area is 154 Å². The molecule has 2 saturated heterocycles.